The van der Waals surface area contributed by atoms with Gasteiger partial charge in [-0.2, -0.15) is 0 Å². The minimum absolute atomic E-state index is 0.156. The number of halogens is 4. The number of nitrogens with zero attached hydrogens (tertiary/aromatic N) is 1. The van der Waals surface area contributed by atoms with E-state index in [9.17, 15) is 13.6 Å². The fourth-order valence-electron chi connectivity index (χ4n) is 5.09. The minimum Gasteiger partial charge on any atom is -0.463 e. The highest BCUT2D eigenvalue weighted by Gasteiger charge is 2.42. The van der Waals surface area contributed by atoms with Crippen molar-refractivity contribution in [3.8, 4) is 0 Å². The topological polar surface area (TPSA) is 41.6 Å². The Morgan fingerprint density at radius 1 is 0.875 bits per heavy atom. The van der Waals surface area contributed by atoms with E-state index in [0.29, 0.717) is 39.1 Å². The molecule has 204 valence electrons. The third-order valence-corrected chi connectivity index (χ3v) is 7.28. The average Bonchev–Trinajstić information content (AvgIpc) is 2.93. The number of esters is 1. The predicted octanol–water partition coefficient (Wildman–Crippen LogP) is 8.89. The summed E-state index contributed by atoms with van der Waals surface area (Å²) in [5.74, 6) is -1.35. The summed E-state index contributed by atoms with van der Waals surface area (Å²) < 4.78 is 34.4. The standard InChI is InChI=1S/C32H26Cl2F2N2O2/c1-2-40-32(39)30-28(37-26-7-3-5-24(35)17-26)19-29(20-9-13-22(33)14-10-20)38(27-8-4-6-25(36)18-27)31(30)21-11-15-23(34)16-12-21/h3-18,29,31,37H,2,19H2,1H3. The Morgan fingerprint density at radius 3 is 2.08 bits per heavy atom. The van der Waals surface area contributed by atoms with Crippen molar-refractivity contribution in [1.29, 1.82) is 0 Å². The Hall–Kier alpha value is -3.87. The molecular weight excluding hydrogens is 553 g/mol. The monoisotopic (exact) mass is 578 g/mol. The third kappa shape index (κ3) is 5.98. The zero-order valence-electron chi connectivity index (χ0n) is 21.6. The zero-order valence-corrected chi connectivity index (χ0v) is 23.1. The summed E-state index contributed by atoms with van der Waals surface area (Å²) >= 11 is 12.5. The normalized spacial score (nSPS) is 17.1. The minimum atomic E-state index is -0.705. The van der Waals surface area contributed by atoms with Crippen molar-refractivity contribution in [3.63, 3.8) is 0 Å². The zero-order chi connectivity index (χ0) is 28.2. The van der Waals surface area contributed by atoms with Crippen LogP contribution < -0.4 is 10.2 Å². The van der Waals surface area contributed by atoms with E-state index in [2.05, 4.69) is 5.32 Å². The van der Waals surface area contributed by atoms with Crippen LogP contribution >= 0.6 is 23.2 Å². The molecule has 0 amide bonds. The van der Waals surface area contributed by atoms with E-state index in [4.69, 9.17) is 27.9 Å². The average molecular weight is 579 g/mol. The molecule has 0 bridgehead atoms. The molecule has 0 saturated heterocycles. The molecular formula is C32H26Cl2F2N2O2. The predicted molar refractivity (Wildman–Crippen MR) is 156 cm³/mol. The molecule has 1 aliphatic rings. The first kappa shape index (κ1) is 27.7. The van der Waals surface area contributed by atoms with Gasteiger partial charge in [-0.25, -0.2) is 13.6 Å². The van der Waals surface area contributed by atoms with Gasteiger partial charge in [0.1, 0.15) is 11.6 Å². The Balaban J connectivity index is 1.79. The number of benzene rings is 4. The quantitative estimate of drug-likeness (QED) is 0.222. The summed E-state index contributed by atoms with van der Waals surface area (Å²) in [6, 6.07) is 25.8. The first-order valence-corrected chi connectivity index (χ1v) is 13.6. The molecule has 0 spiro atoms. The summed E-state index contributed by atoms with van der Waals surface area (Å²) in [5, 5.41) is 4.41. The molecule has 5 rings (SSSR count). The molecule has 0 aromatic heterocycles. The maximum absolute atomic E-state index is 14.7. The van der Waals surface area contributed by atoms with E-state index in [1.807, 2.05) is 35.2 Å². The molecule has 1 N–H and O–H groups in total. The van der Waals surface area contributed by atoms with Gasteiger partial charge >= 0.3 is 5.97 Å². The van der Waals surface area contributed by atoms with E-state index in [1.165, 1.54) is 24.3 Å². The van der Waals surface area contributed by atoms with Crippen LogP contribution in [0, 0.1) is 11.6 Å². The molecule has 40 heavy (non-hydrogen) atoms. The molecule has 2 atom stereocenters. The fraction of sp³-hybridized carbons (Fsp3) is 0.156. The molecule has 1 aliphatic heterocycles. The van der Waals surface area contributed by atoms with Crippen molar-refractivity contribution in [2.45, 2.75) is 25.4 Å². The smallest absolute Gasteiger partial charge is 0.338 e. The maximum Gasteiger partial charge on any atom is 0.338 e. The van der Waals surface area contributed by atoms with Crippen molar-refractivity contribution in [2.75, 3.05) is 16.8 Å². The SMILES string of the molecule is CCOC(=O)C1=C(Nc2cccc(F)c2)CC(c2ccc(Cl)cc2)N(c2cccc(F)c2)C1c1ccc(Cl)cc1. The van der Waals surface area contributed by atoms with Crippen molar-refractivity contribution >= 4 is 40.5 Å². The van der Waals surface area contributed by atoms with Crippen molar-refractivity contribution < 1.29 is 18.3 Å². The van der Waals surface area contributed by atoms with Crippen LogP contribution in [0.2, 0.25) is 10.0 Å². The molecule has 1 heterocycles. The largest absolute Gasteiger partial charge is 0.463 e. The van der Waals surface area contributed by atoms with Gasteiger partial charge in [0.25, 0.3) is 0 Å². The Bertz CT molecular complexity index is 1540. The van der Waals surface area contributed by atoms with Crippen LogP contribution in [-0.4, -0.2) is 12.6 Å². The first-order valence-electron chi connectivity index (χ1n) is 12.8. The summed E-state index contributed by atoms with van der Waals surface area (Å²) in [5.41, 5.74) is 3.61. The highest BCUT2D eigenvalue weighted by atomic mass is 35.5. The molecule has 0 aliphatic carbocycles. The second-order valence-corrected chi connectivity index (χ2v) is 10.2. The lowest BCUT2D eigenvalue weighted by Gasteiger charge is -2.46. The van der Waals surface area contributed by atoms with Gasteiger partial charge in [-0.15, -0.1) is 0 Å². The Kier molecular flexibility index (Phi) is 8.38. The number of carbonyl (C=O) groups is 1. The molecule has 4 nitrogen and oxygen atoms in total. The molecule has 8 heteroatoms. The van der Waals surface area contributed by atoms with Crippen LogP contribution in [-0.2, 0) is 9.53 Å². The van der Waals surface area contributed by atoms with Crippen molar-refractivity contribution in [3.05, 3.63) is 141 Å². The van der Waals surface area contributed by atoms with Gasteiger partial charge in [-0.05, 0) is 78.7 Å². The number of anilines is 2. The van der Waals surface area contributed by atoms with Crippen LogP contribution in [0.3, 0.4) is 0 Å². The van der Waals surface area contributed by atoms with E-state index < -0.39 is 23.6 Å². The number of hydrogen-bond acceptors (Lipinski definition) is 4. The van der Waals surface area contributed by atoms with E-state index in [-0.39, 0.29) is 12.6 Å². The van der Waals surface area contributed by atoms with Gasteiger partial charge in [0, 0.05) is 33.5 Å². The summed E-state index contributed by atoms with van der Waals surface area (Å²) in [6.45, 7) is 1.89. The van der Waals surface area contributed by atoms with Gasteiger partial charge in [0.05, 0.1) is 24.3 Å². The number of nitrogens with one attached hydrogen (secondary N) is 1. The number of ether oxygens (including phenoxy) is 1. The molecule has 0 saturated carbocycles. The molecule has 0 radical (unpaired) electrons. The molecule has 4 aromatic rings. The van der Waals surface area contributed by atoms with Crippen LogP contribution in [0.1, 0.15) is 36.6 Å². The summed E-state index contributed by atoms with van der Waals surface area (Å²) in [7, 11) is 0. The number of carbonyl (C=O) groups excluding carboxylic acids is 1. The lowest BCUT2D eigenvalue weighted by Crippen LogP contribution is -2.41. The second kappa shape index (κ2) is 12.1. The van der Waals surface area contributed by atoms with Gasteiger partial charge < -0.3 is 15.0 Å². The number of hydrogen-bond donors (Lipinski definition) is 1. The van der Waals surface area contributed by atoms with E-state index in [1.54, 1.807) is 49.4 Å². The molecule has 2 unspecified atom stereocenters. The molecule has 0 fully saturated rings. The summed E-state index contributed by atoms with van der Waals surface area (Å²) in [6.07, 6.45) is 0.312. The van der Waals surface area contributed by atoms with Gasteiger partial charge in [0.2, 0.25) is 0 Å². The Morgan fingerprint density at radius 2 is 1.48 bits per heavy atom. The molecule has 4 aromatic carbocycles. The summed E-state index contributed by atoms with van der Waals surface area (Å²) in [4.78, 5) is 15.7. The fourth-order valence-corrected chi connectivity index (χ4v) is 5.34. The van der Waals surface area contributed by atoms with Gasteiger partial charge in [0.15, 0.2) is 0 Å². The Labute approximate surface area is 241 Å². The van der Waals surface area contributed by atoms with Crippen molar-refractivity contribution in [1.82, 2.24) is 0 Å². The van der Waals surface area contributed by atoms with E-state index >= 15 is 0 Å². The maximum atomic E-state index is 14.7. The lowest BCUT2D eigenvalue weighted by atomic mass is 9.84. The second-order valence-electron chi connectivity index (χ2n) is 9.36. The van der Waals surface area contributed by atoms with Crippen molar-refractivity contribution in [2.24, 2.45) is 0 Å². The lowest BCUT2D eigenvalue weighted by molar-refractivity contribution is -0.139. The van der Waals surface area contributed by atoms with Crippen LogP contribution in [0.15, 0.2) is 108 Å². The highest BCUT2D eigenvalue weighted by Crippen LogP contribution is 2.48. The van der Waals surface area contributed by atoms with Crippen LogP contribution in [0.4, 0.5) is 20.2 Å². The first-order chi connectivity index (χ1) is 19.3. The van der Waals surface area contributed by atoms with Gasteiger partial charge in [-0.1, -0.05) is 59.6 Å². The van der Waals surface area contributed by atoms with E-state index in [0.717, 1.165) is 11.1 Å². The highest BCUT2D eigenvalue weighted by molar-refractivity contribution is 6.30. The number of rotatable bonds is 7. The van der Waals surface area contributed by atoms with Gasteiger partial charge in [-0.3, -0.25) is 0 Å². The van der Waals surface area contributed by atoms with Crippen LogP contribution in [0.25, 0.3) is 0 Å². The van der Waals surface area contributed by atoms with Crippen LogP contribution in [0.5, 0.6) is 0 Å². The third-order valence-electron chi connectivity index (χ3n) is 6.77.